The monoisotopic (exact) mass is 391 g/mol. The van der Waals surface area contributed by atoms with E-state index < -0.39 is 0 Å². The van der Waals surface area contributed by atoms with Crippen LogP contribution >= 0.6 is 11.6 Å². The number of hydrogen-bond acceptors (Lipinski definition) is 7. The predicted molar refractivity (Wildman–Crippen MR) is 109 cm³/mol. The molecule has 2 rings (SSSR count). The van der Waals surface area contributed by atoms with Gasteiger partial charge >= 0.3 is 0 Å². The number of hydrazine groups is 1. The third kappa shape index (κ3) is 5.43. The van der Waals surface area contributed by atoms with Gasteiger partial charge in [0, 0.05) is 36.8 Å². The molecule has 8 nitrogen and oxygen atoms in total. The molecule has 0 saturated carbocycles. The number of amides is 1. The van der Waals surface area contributed by atoms with Gasteiger partial charge in [0.1, 0.15) is 0 Å². The predicted octanol–water partition coefficient (Wildman–Crippen LogP) is 2.97. The van der Waals surface area contributed by atoms with Crippen LogP contribution in [0.3, 0.4) is 0 Å². The summed E-state index contributed by atoms with van der Waals surface area (Å²) in [6.07, 6.45) is 0. The summed E-state index contributed by atoms with van der Waals surface area (Å²) in [4.78, 5) is 29.8. The van der Waals surface area contributed by atoms with Crippen molar-refractivity contribution >= 4 is 35.4 Å². The van der Waals surface area contributed by atoms with E-state index in [4.69, 9.17) is 11.6 Å². The Kier molecular flexibility index (Phi) is 7.60. The lowest BCUT2D eigenvalue weighted by Gasteiger charge is -2.23. The number of anilines is 3. The molecule has 0 aliphatic rings. The molecular weight excluding hydrogens is 366 g/mol. The highest BCUT2D eigenvalue weighted by atomic mass is 35.5. The summed E-state index contributed by atoms with van der Waals surface area (Å²) in [6.45, 7) is 11.3. The molecule has 2 aromatic rings. The first-order chi connectivity index (χ1) is 13.0. The minimum atomic E-state index is -0.305. The van der Waals surface area contributed by atoms with Crippen LogP contribution in [0.1, 0.15) is 38.1 Å². The van der Waals surface area contributed by atoms with Gasteiger partial charge in [0.2, 0.25) is 17.8 Å². The van der Waals surface area contributed by atoms with E-state index in [9.17, 15) is 4.79 Å². The largest absolute Gasteiger partial charge is 0.341 e. The minimum Gasteiger partial charge on any atom is -0.341 e. The van der Waals surface area contributed by atoms with Crippen molar-refractivity contribution in [3.05, 3.63) is 34.9 Å². The van der Waals surface area contributed by atoms with E-state index in [2.05, 4.69) is 25.8 Å². The summed E-state index contributed by atoms with van der Waals surface area (Å²) in [5.74, 6) is 1.12. The number of nitrogens with one attached hydrogen (secondary N) is 2. The first kappa shape index (κ1) is 20.7. The molecule has 1 aromatic carbocycles. The van der Waals surface area contributed by atoms with Crippen molar-refractivity contribution in [3.63, 3.8) is 0 Å². The second kappa shape index (κ2) is 9.91. The second-order valence-corrected chi connectivity index (χ2v) is 6.13. The number of rotatable bonds is 9. The van der Waals surface area contributed by atoms with E-state index >= 15 is 0 Å². The molecule has 0 spiro atoms. The van der Waals surface area contributed by atoms with Crippen LogP contribution in [0.2, 0.25) is 5.02 Å². The van der Waals surface area contributed by atoms with Gasteiger partial charge in [-0.1, -0.05) is 11.6 Å². The molecule has 1 aromatic heterocycles. The Balaban J connectivity index is 2.23. The Labute approximate surface area is 164 Å². The van der Waals surface area contributed by atoms with E-state index in [1.165, 1.54) is 0 Å². The van der Waals surface area contributed by atoms with Gasteiger partial charge in [-0.25, -0.2) is 0 Å². The highest BCUT2D eigenvalue weighted by Gasteiger charge is 2.15. The molecule has 0 saturated heterocycles. The van der Waals surface area contributed by atoms with Gasteiger partial charge in [0.05, 0.1) is 0 Å². The number of carbonyl (C=O) groups is 1. The zero-order valence-electron chi connectivity index (χ0n) is 16.2. The van der Waals surface area contributed by atoms with E-state index in [0.29, 0.717) is 22.5 Å². The van der Waals surface area contributed by atoms with Crippen LogP contribution < -0.4 is 20.7 Å². The molecule has 0 radical (unpaired) electrons. The Hall–Kier alpha value is -2.61. The Morgan fingerprint density at radius 3 is 1.81 bits per heavy atom. The number of benzene rings is 1. The van der Waals surface area contributed by atoms with Crippen molar-refractivity contribution < 1.29 is 4.79 Å². The summed E-state index contributed by atoms with van der Waals surface area (Å²) in [5, 5.41) is 0.574. The zero-order valence-corrected chi connectivity index (χ0v) is 16.9. The van der Waals surface area contributed by atoms with Crippen LogP contribution in [0.5, 0.6) is 0 Å². The van der Waals surface area contributed by atoms with Crippen molar-refractivity contribution in [2.24, 2.45) is 0 Å². The van der Waals surface area contributed by atoms with Crippen LogP contribution in [0.25, 0.3) is 0 Å². The third-order valence-corrected chi connectivity index (χ3v) is 4.35. The summed E-state index contributed by atoms with van der Waals surface area (Å²) < 4.78 is 0. The molecule has 27 heavy (non-hydrogen) atoms. The van der Waals surface area contributed by atoms with Crippen molar-refractivity contribution in [1.29, 1.82) is 0 Å². The van der Waals surface area contributed by atoms with E-state index in [0.717, 1.165) is 26.2 Å². The maximum absolute atomic E-state index is 12.3. The second-order valence-electron chi connectivity index (χ2n) is 5.69. The maximum atomic E-state index is 12.3. The van der Waals surface area contributed by atoms with Gasteiger partial charge in [-0.3, -0.25) is 15.6 Å². The summed E-state index contributed by atoms with van der Waals surface area (Å²) in [6, 6.07) is 6.62. The van der Waals surface area contributed by atoms with Crippen LogP contribution in [0.15, 0.2) is 24.3 Å². The van der Waals surface area contributed by atoms with Gasteiger partial charge < -0.3 is 9.80 Å². The molecular formula is C18H26ClN7O. The average Bonchev–Trinajstić information content (AvgIpc) is 2.68. The molecule has 0 aliphatic carbocycles. The number of carbonyl (C=O) groups excluding carboxylic acids is 1. The molecule has 0 fully saturated rings. The van der Waals surface area contributed by atoms with Gasteiger partial charge in [-0.15, -0.1) is 0 Å². The van der Waals surface area contributed by atoms with Crippen LogP contribution in [0.4, 0.5) is 17.8 Å². The Morgan fingerprint density at radius 1 is 0.889 bits per heavy atom. The highest BCUT2D eigenvalue weighted by Crippen LogP contribution is 2.16. The molecule has 2 N–H and O–H groups in total. The lowest BCUT2D eigenvalue weighted by atomic mass is 10.2. The van der Waals surface area contributed by atoms with E-state index in [1.54, 1.807) is 24.3 Å². The van der Waals surface area contributed by atoms with Crippen LogP contribution in [-0.2, 0) is 0 Å². The molecule has 0 bridgehead atoms. The highest BCUT2D eigenvalue weighted by molar-refractivity contribution is 6.30. The van der Waals surface area contributed by atoms with Crippen molar-refractivity contribution in [1.82, 2.24) is 20.4 Å². The standard InChI is InChI=1S/C18H26ClN7O/c1-5-25(6-2)17-20-16(21-18(22-17)26(7-3)8-4)24-23-15(27)13-9-11-14(19)12-10-13/h9-12H,5-8H2,1-4H3,(H,23,27)(H,20,21,22,24). The number of halogens is 1. The van der Waals surface area contributed by atoms with E-state index in [1.807, 2.05) is 37.5 Å². The Bertz CT molecular complexity index is 716. The lowest BCUT2D eigenvalue weighted by molar-refractivity contribution is 0.0962. The van der Waals surface area contributed by atoms with Crippen molar-refractivity contribution in [2.45, 2.75) is 27.7 Å². The fourth-order valence-corrected chi connectivity index (χ4v) is 2.62. The molecule has 146 valence electrons. The fourth-order valence-electron chi connectivity index (χ4n) is 2.49. The van der Waals surface area contributed by atoms with Gasteiger partial charge in [0.25, 0.3) is 5.91 Å². The smallest absolute Gasteiger partial charge is 0.269 e. The zero-order chi connectivity index (χ0) is 19.8. The molecule has 0 unspecified atom stereocenters. The summed E-state index contributed by atoms with van der Waals surface area (Å²) in [5.41, 5.74) is 5.89. The van der Waals surface area contributed by atoms with E-state index in [-0.39, 0.29) is 11.9 Å². The minimum absolute atomic E-state index is 0.288. The van der Waals surface area contributed by atoms with Crippen LogP contribution in [0, 0.1) is 0 Å². The van der Waals surface area contributed by atoms with Crippen molar-refractivity contribution in [2.75, 3.05) is 41.4 Å². The molecule has 1 amide bonds. The number of nitrogens with zero attached hydrogens (tertiary/aromatic N) is 5. The first-order valence-electron chi connectivity index (χ1n) is 9.10. The first-order valence-corrected chi connectivity index (χ1v) is 9.47. The van der Waals surface area contributed by atoms with Gasteiger partial charge in [0.15, 0.2) is 0 Å². The topological polar surface area (TPSA) is 86.3 Å². The SMILES string of the molecule is CCN(CC)c1nc(NNC(=O)c2ccc(Cl)cc2)nc(N(CC)CC)n1. The number of hydrogen-bond donors (Lipinski definition) is 2. The quantitative estimate of drug-likeness (QED) is 0.635. The number of aromatic nitrogens is 3. The Morgan fingerprint density at radius 2 is 1.37 bits per heavy atom. The third-order valence-electron chi connectivity index (χ3n) is 4.10. The van der Waals surface area contributed by atoms with Crippen molar-refractivity contribution in [3.8, 4) is 0 Å². The fraction of sp³-hybridized carbons (Fsp3) is 0.444. The summed E-state index contributed by atoms with van der Waals surface area (Å²) in [7, 11) is 0. The van der Waals surface area contributed by atoms with Gasteiger partial charge in [-0.2, -0.15) is 15.0 Å². The van der Waals surface area contributed by atoms with Gasteiger partial charge in [-0.05, 0) is 52.0 Å². The maximum Gasteiger partial charge on any atom is 0.269 e. The molecule has 9 heteroatoms. The van der Waals surface area contributed by atoms with Crippen LogP contribution in [-0.4, -0.2) is 47.0 Å². The lowest BCUT2D eigenvalue weighted by Crippen LogP contribution is -2.33. The average molecular weight is 392 g/mol. The molecule has 0 aliphatic heterocycles. The molecule has 1 heterocycles. The molecule has 0 atom stereocenters. The normalized spacial score (nSPS) is 10.4. The summed E-state index contributed by atoms with van der Waals surface area (Å²) >= 11 is 5.85.